The second-order valence-corrected chi connectivity index (χ2v) is 10.2. The number of thioether (sulfide) groups is 1. The van der Waals surface area contributed by atoms with Crippen molar-refractivity contribution in [2.24, 2.45) is 0 Å². The molecule has 16 heteroatoms. The van der Waals surface area contributed by atoms with Crippen LogP contribution in [0.3, 0.4) is 0 Å². The molecular formula is C15H19F2N3O7PS3+. The molecule has 2 aliphatic rings. The third-order valence-corrected chi connectivity index (χ3v) is 7.80. The van der Waals surface area contributed by atoms with Crippen molar-refractivity contribution in [1.29, 1.82) is 5.41 Å². The molecule has 0 fully saturated rings. The van der Waals surface area contributed by atoms with E-state index in [1.807, 2.05) is 0 Å². The molecule has 3 rings (SSSR count). The van der Waals surface area contributed by atoms with Gasteiger partial charge in [0.2, 0.25) is 11.4 Å². The van der Waals surface area contributed by atoms with E-state index in [2.05, 4.69) is 14.7 Å². The highest BCUT2D eigenvalue weighted by atomic mass is 32.2. The molecule has 0 aliphatic carbocycles. The lowest BCUT2D eigenvalue weighted by molar-refractivity contribution is -0.286. The summed E-state index contributed by atoms with van der Waals surface area (Å²) in [6, 6.07) is 4.16. The fourth-order valence-electron chi connectivity index (χ4n) is 2.58. The average molecular weight is 519 g/mol. The van der Waals surface area contributed by atoms with Gasteiger partial charge < -0.3 is 9.47 Å². The van der Waals surface area contributed by atoms with E-state index in [-0.39, 0.29) is 35.6 Å². The number of nitrogens with zero attached hydrogens (tertiary/aromatic N) is 1. The highest BCUT2D eigenvalue weighted by Gasteiger charge is 2.55. The summed E-state index contributed by atoms with van der Waals surface area (Å²) in [6.45, 7) is 5.60. The molecule has 1 unspecified atom stereocenters. The Morgan fingerprint density at radius 3 is 2.42 bits per heavy atom. The zero-order chi connectivity index (χ0) is 22.7. The van der Waals surface area contributed by atoms with E-state index in [9.17, 15) is 13.3 Å². The van der Waals surface area contributed by atoms with Crippen LogP contribution in [0.4, 0.5) is 14.5 Å². The summed E-state index contributed by atoms with van der Waals surface area (Å²) >= 11 is 1.87. The van der Waals surface area contributed by atoms with Crippen LogP contribution in [0.1, 0.15) is 20.8 Å². The maximum absolute atomic E-state index is 13.8. The third kappa shape index (κ3) is 5.55. The summed E-state index contributed by atoms with van der Waals surface area (Å²) in [5, 5.41) is 11.0. The van der Waals surface area contributed by atoms with Gasteiger partial charge in [-0.25, -0.2) is 9.97 Å². The van der Waals surface area contributed by atoms with Gasteiger partial charge in [-0.15, -0.1) is 13.4 Å². The first-order valence-corrected chi connectivity index (χ1v) is 12.4. The minimum Gasteiger partial charge on any atom is -0.395 e. The van der Waals surface area contributed by atoms with Crippen LogP contribution in [-0.4, -0.2) is 24.7 Å². The number of para-hydroxylation sites is 1. The molecule has 2 N–H and O–H groups in total. The van der Waals surface area contributed by atoms with Gasteiger partial charge in [-0.05, 0) is 43.8 Å². The molecule has 0 aromatic heterocycles. The fourth-order valence-corrected chi connectivity index (χ4v) is 5.92. The molecule has 0 saturated heterocycles. The van der Waals surface area contributed by atoms with Crippen LogP contribution in [0, 0.1) is 5.41 Å². The average Bonchev–Trinajstić information content (AvgIpc) is 3.15. The lowest BCUT2D eigenvalue weighted by atomic mass is 10.2. The number of nitrogens with one attached hydrogen (secondary N) is 2. The van der Waals surface area contributed by atoms with Gasteiger partial charge in [0, 0.05) is 11.0 Å². The van der Waals surface area contributed by atoms with Gasteiger partial charge in [-0.1, -0.05) is 6.07 Å². The van der Waals surface area contributed by atoms with Gasteiger partial charge in [-0.2, -0.15) is 7.94 Å². The second-order valence-electron chi connectivity index (χ2n) is 5.84. The molecule has 172 valence electrons. The molecular weight excluding hydrogens is 499 g/mol. The number of benzene rings is 1. The third-order valence-electron chi connectivity index (χ3n) is 3.61. The van der Waals surface area contributed by atoms with Crippen LogP contribution in [0.15, 0.2) is 29.3 Å². The standard InChI is InChI=1S/C15H19F2N3O7PS3/c1-4-22-30-26-28(21,27-31-23-5-2)19-20(9-10(3)29-14(20)18)11-7-6-8-12-13(11)25-15(16,17)24-12/h6-9,18H,4-5H2,1-3H3,(H,19,21)/q+1. The number of rotatable bonds is 11. The number of alkyl halides is 2. The molecule has 1 atom stereocenters. The topological polar surface area (TPSA) is 108 Å². The van der Waals surface area contributed by atoms with Crippen molar-refractivity contribution in [2.75, 3.05) is 13.2 Å². The number of allylic oxidation sites excluding steroid dienone is 1. The first-order valence-electron chi connectivity index (χ1n) is 8.74. The summed E-state index contributed by atoms with van der Waals surface area (Å²) in [4.78, 5) is 0.627. The molecule has 0 spiro atoms. The number of quaternary nitrogens is 1. The Morgan fingerprint density at radius 2 is 1.87 bits per heavy atom. The monoisotopic (exact) mass is 518 g/mol. The number of halogens is 2. The molecule has 0 bridgehead atoms. The largest absolute Gasteiger partial charge is 0.586 e. The lowest BCUT2D eigenvalue weighted by Gasteiger charge is -2.31. The van der Waals surface area contributed by atoms with Crippen molar-refractivity contribution in [2.45, 2.75) is 27.1 Å². The second kappa shape index (κ2) is 9.95. The quantitative estimate of drug-likeness (QED) is 0.163. The number of fused-ring (bicyclic) bond motifs is 1. The van der Waals surface area contributed by atoms with Gasteiger partial charge in [0.25, 0.3) is 5.17 Å². The zero-order valence-corrected chi connectivity index (χ0v) is 19.8. The number of amidine groups is 1. The SMILES string of the molecule is CCOSOP(=O)(N[N+]1(c2cccc3c2OC(F)(F)O3)C=C(C)SC1=N)OSOCC. The van der Waals surface area contributed by atoms with Crippen molar-refractivity contribution >= 4 is 55.0 Å². The maximum atomic E-state index is 13.8. The Bertz CT molecular complexity index is 912. The minimum absolute atomic E-state index is 0.0132. The predicted octanol–water partition coefficient (Wildman–Crippen LogP) is 5.70. The minimum atomic E-state index is -4.26. The van der Waals surface area contributed by atoms with Crippen molar-refractivity contribution in [3.05, 3.63) is 29.3 Å². The van der Waals surface area contributed by atoms with Crippen molar-refractivity contribution < 1.29 is 39.1 Å². The van der Waals surface area contributed by atoms with E-state index in [1.165, 1.54) is 24.4 Å². The Morgan fingerprint density at radius 1 is 1.23 bits per heavy atom. The predicted molar refractivity (Wildman–Crippen MR) is 115 cm³/mol. The highest BCUT2D eigenvalue weighted by Crippen LogP contribution is 2.57. The number of hydrogen-bond acceptors (Lipinski definition) is 11. The van der Waals surface area contributed by atoms with Gasteiger partial charge in [-0.3, -0.25) is 8.37 Å². The summed E-state index contributed by atoms with van der Waals surface area (Å²) in [6.07, 6.45) is -2.40. The summed E-state index contributed by atoms with van der Waals surface area (Å²) < 4.78 is 69.8. The van der Waals surface area contributed by atoms with E-state index >= 15 is 0 Å². The highest BCUT2D eigenvalue weighted by molar-refractivity contribution is 8.17. The summed E-state index contributed by atoms with van der Waals surface area (Å²) in [7, 11) is -4.26. The molecule has 1 aromatic rings. The van der Waals surface area contributed by atoms with Gasteiger partial charge in [0.15, 0.2) is 30.4 Å². The van der Waals surface area contributed by atoms with Crippen LogP contribution < -0.4 is 19.3 Å². The van der Waals surface area contributed by atoms with Crippen molar-refractivity contribution in [3.63, 3.8) is 0 Å². The molecule has 10 nitrogen and oxygen atoms in total. The Kier molecular flexibility index (Phi) is 7.95. The van der Waals surface area contributed by atoms with Gasteiger partial charge in [0.05, 0.1) is 13.2 Å². The van der Waals surface area contributed by atoms with E-state index < -0.39 is 18.6 Å². The molecule has 2 aliphatic heterocycles. The Labute approximate surface area is 190 Å². The van der Waals surface area contributed by atoms with Gasteiger partial charge in [0.1, 0.15) is 6.20 Å². The number of ether oxygens (including phenoxy) is 2. The summed E-state index contributed by atoms with van der Waals surface area (Å²) in [5.41, 5.74) is 0.0132. The van der Waals surface area contributed by atoms with E-state index in [0.29, 0.717) is 29.6 Å². The van der Waals surface area contributed by atoms with Crippen LogP contribution in [0.25, 0.3) is 0 Å². The number of hydrogen-bond donors (Lipinski definition) is 2. The lowest BCUT2D eigenvalue weighted by Crippen LogP contribution is -2.55. The van der Waals surface area contributed by atoms with E-state index in [4.69, 9.17) is 21.7 Å². The Hall–Kier alpha value is -0.870. The van der Waals surface area contributed by atoms with Gasteiger partial charge >= 0.3 is 14.0 Å². The molecule has 2 heterocycles. The molecule has 1 aromatic carbocycles. The molecule has 0 saturated carbocycles. The normalized spacial score (nSPS) is 22.1. The van der Waals surface area contributed by atoms with E-state index in [0.717, 1.165) is 11.8 Å². The van der Waals surface area contributed by atoms with Crippen molar-refractivity contribution in [1.82, 2.24) is 9.79 Å². The summed E-state index contributed by atoms with van der Waals surface area (Å²) in [5.74, 6) is -0.556. The maximum Gasteiger partial charge on any atom is 0.586 e. The van der Waals surface area contributed by atoms with Crippen LogP contribution in [-0.2, 0) is 20.9 Å². The smallest absolute Gasteiger partial charge is 0.395 e. The van der Waals surface area contributed by atoms with E-state index in [1.54, 1.807) is 20.8 Å². The fraction of sp³-hybridized carbons (Fsp3) is 0.400. The van der Waals surface area contributed by atoms with Crippen molar-refractivity contribution in [3.8, 4) is 11.5 Å². The van der Waals surface area contributed by atoms with Crippen LogP contribution in [0.2, 0.25) is 0 Å². The zero-order valence-electron chi connectivity index (χ0n) is 16.5. The first kappa shape index (κ1) is 24.8. The molecule has 31 heavy (non-hydrogen) atoms. The Balaban J connectivity index is 2.03. The van der Waals surface area contributed by atoms with Crippen LogP contribution >= 0.6 is 44.2 Å². The van der Waals surface area contributed by atoms with Crippen LogP contribution in [0.5, 0.6) is 11.5 Å². The molecule has 0 amide bonds. The first-order chi connectivity index (χ1) is 14.6. The molecule has 0 radical (unpaired) electrons.